The average molecular weight is 636 g/mol. The van der Waals surface area contributed by atoms with Gasteiger partial charge in [0.05, 0.1) is 21.9 Å². The highest BCUT2D eigenvalue weighted by Crippen LogP contribution is 2.42. The molecule has 1 saturated heterocycles. The lowest BCUT2D eigenvalue weighted by Crippen LogP contribution is -2.39. The van der Waals surface area contributed by atoms with Crippen LogP contribution < -0.4 is 10.0 Å². The third kappa shape index (κ3) is 8.42. The number of hydrogen-bond acceptors (Lipinski definition) is 3. The number of nitrogens with one attached hydrogen (secondary N) is 2. The Morgan fingerprint density at radius 1 is 1.02 bits per heavy atom. The van der Waals surface area contributed by atoms with Gasteiger partial charge in [-0.15, -0.1) is 0 Å². The number of rotatable bonds is 7. The largest absolute Gasteiger partial charge is 0.417 e. The fourth-order valence-corrected chi connectivity index (χ4v) is 7.10. The Balaban J connectivity index is 1.76. The number of nitrogens with zero attached hydrogens (tertiary/aromatic N) is 1. The fourth-order valence-electron chi connectivity index (χ4n) is 5.87. The van der Waals surface area contributed by atoms with Crippen LogP contribution in [0.3, 0.4) is 0 Å². The van der Waals surface area contributed by atoms with E-state index >= 15 is 0 Å². The molecule has 1 amide bonds. The van der Waals surface area contributed by atoms with Crippen LogP contribution in [0.25, 0.3) is 11.3 Å². The molecule has 0 spiro atoms. The zero-order valence-electron chi connectivity index (χ0n) is 24.8. The molecule has 43 heavy (non-hydrogen) atoms. The van der Waals surface area contributed by atoms with E-state index in [9.17, 15) is 35.3 Å². The average Bonchev–Trinajstić information content (AvgIpc) is 3.23. The molecule has 3 unspecified atom stereocenters. The minimum absolute atomic E-state index is 0.0480. The van der Waals surface area contributed by atoms with Gasteiger partial charge in [0.25, 0.3) is 5.91 Å². The second kappa shape index (κ2) is 12.9. The van der Waals surface area contributed by atoms with Crippen LogP contribution in [0, 0.1) is 18.8 Å². The molecule has 13 heteroatoms. The lowest BCUT2D eigenvalue weighted by atomic mass is 9.81. The van der Waals surface area contributed by atoms with Crippen LogP contribution in [0.1, 0.15) is 80.9 Å². The van der Waals surface area contributed by atoms with Gasteiger partial charge < -0.3 is 14.6 Å². The summed E-state index contributed by atoms with van der Waals surface area (Å²) in [7, 11) is -2.17. The van der Waals surface area contributed by atoms with E-state index in [1.165, 1.54) is 12.1 Å². The summed E-state index contributed by atoms with van der Waals surface area (Å²) in [4.78, 5) is 12.9. The van der Waals surface area contributed by atoms with Gasteiger partial charge in [0.2, 0.25) is 0 Å². The molecule has 2 aliphatic rings. The van der Waals surface area contributed by atoms with Crippen LogP contribution >= 0.6 is 0 Å². The molecule has 1 aliphatic carbocycles. The second-order valence-corrected chi connectivity index (χ2v) is 13.8. The fraction of sp³-hybridized carbons (Fsp3) is 0.633. The summed E-state index contributed by atoms with van der Waals surface area (Å²) >= 11 is 0. The zero-order chi connectivity index (χ0) is 31.7. The third-order valence-corrected chi connectivity index (χ3v) is 9.59. The molecule has 6 nitrogen and oxygen atoms in total. The summed E-state index contributed by atoms with van der Waals surface area (Å²) in [5, 5.41) is 2.97. The molecule has 2 N–H and O–H groups in total. The first kappa shape index (κ1) is 33.5. The topological polar surface area (TPSA) is 72.4 Å². The van der Waals surface area contributed by atoms with Crippen molar-refractivity contribution in [3.8, 4) is 11.3 Å². The van der Waals surface area contributed by atoms with E-state index in [1.54, 1.807) is 32.3 Å². The number of alkyl halides is 6. The SMILES string of the molecule is Cc1c(C(=O)NC2CCOCC2)cc(-c2ccc(S(=O)NC(C)(C)C)c(C(F)(F)F)c2)n1CC1CCCC(C(F)(F)F)C1. The van der Waals surface area contributed by atoms with Gasteiger partial charge in [0.1, 0.15) is 11.0 Å². The second-order valence-electron chi connectivity index (χ2n) is 12.6. The highest BCUT2D eigenvalue weighted by molar-refractivity contribution is 7.83. The Bertz CT molecular complexity index is 1330. The number of halogens is 6. The number of amides is 1. The van der Waals surface area contributed by atoms with Crippen LogP contribution in [-0.2, 0) is 28.4 Å². The van der Waals surface area contributed by atoms with Crippen molar-refractivity contribution in [1.29, 1.82) is 0 Å². The van der Waals surface area contributed by atoms with Gasteiger partial charge in [0, 0.05) is 42.7 Å². The van der Waals surface area contributed by atoms with E-state index in [4.69, 9.17) is 4.74 Å². The molecule has 3 atom stereocenters. The number of benzene rings is 1. The Morgan fingerprint density at radius 2 is 1.70 bits per heavy atom. The smallest absolute Gasteiger partial charge is 0.381 e. The van der Waals surface area contributed by atoms with Crippen molar-refractivity contribution in [2.24, 2.45) is 11.8 Å². The minimum atomic E-state index is -4.83. The van der Waals surface area contributed by atoms with Gasteiger partial charge >= 0.3 is 12.4 Å². The van der Waals surface area contributed by atoms with Crippen molar-refractivity contribution in [3.63, 3.8) is 0 Å². The molecule has 1 aromatic carbocycles. The van der Waals surface area contributed by atoms with Gasteiger partial charge in [-0.25, -0.2) is 8.93 Å². The Morgan fingerprint density at radius 3 is 2.30 bits per heavy atom. The Hall–Kier alpha value is -2.38. The zero-order valence-corrected chi connectivity index (χ0v) is 25.6. The summed E-state index contributed by atoms with van der Waals surface area (Å²) in [6.07, 6.45) is -7.03. The molecule has 4 rings (SSSR count). The molecule has 1 aliphatic heterocycles. The van der Waals surface area contributed by atoms with Crippen molar-refractivity contribution in [2.45, 2.75) is 102 Å². The van der Waals surface area contributed by atoms with Gasteiger partial charge in [-0.2, -0.15) is 26.3 Å². The van der Waals surface area contributed by atoms with Crippen molar-refractivity contribution in [2.75, 3.05) is 13.2 Å². The molecule has 1 saturated carbocycles. The van der Waals surface area contributed by atoms with E-state index in [1.807, 2.05) is 0 Å². The molecule has 0 bridgehead atoms. The molecule has 2 heterocycles. The van der Waals surface area contributed by atoms with E-state index in [0.29, 0.717) is 44.6 Å². The lowest BCUT2D eigenvalue weighted by Gasteiger charge is -2.31. The molecule has 0 radical (unpaired) electrons. The van der Waals surface area contributed by atoms with Crippen LogP contribution in [0.2, 0.25) is 0 Å². The van der Waals surface area contributed by atoms with Crippen molar-refractivity contribution in [3.05, 3.63) is 41.1 Å². The van der Waals surface area contributed by atoms with Crippen LogP contribution in [0.15, 0.2) is 29.2 Å². The standard InChI is InChI=1S/C30H39F6N3O3S/c1-18-23(27(40)37-22-10-12-42-13-11-22)16-25(39(18)17-19-6-5-7-21(14-19)29(31,32)33)20-8-9-26(24(15-20)30(34,35)36)43(41)38-28(2,3)4/h8-9,15-16,19,21-22,38H,5-7,10-14,17H2,1-4H3,(H,37,40). The maximum Gasteiger partial charge on any atom is 0.417 e. The summed E-state index contributed by atoms with van der Waals surface area (Å²) in [5.41, 5.74) is -0.687. The lowest BCUT2D eigenvalue weighted by molar-refractivity contribution is -0.186. The minimum Gasteiger partial charge on any atom is -0.381 e. The summed E-state index contributed by atoms with van der Waals surface area (Å²) < 4.78 is 106. The first-order valence-corrected chi connectivity index (χ1v) is 15.7. The number of carbonyl (C=O) groups is 1. The number of aromatic nitrogens is 1. The van der Waals surface area contributed by atoms with E-state index in [2.05, 4.69) is 10.0 Å². The van der Waals surface area contributed by atoms with Crippen LogP contribution in [0.5, 0.6) is 0 Å². The third-order valence-electron chi connectivity index (χ3n) is 8.03. The predicted octanol–water partition coefficient (Wildman–Crippen LogP) is 7.17. The number of ether oxygens (including phenoxy) is 1. The molecular formula is C30H39F6N3O3S. The number of carbonyl (C=O) groups excluding carboxylic acids is 1. The van der Waals surface area contributed by atoms with Crippen LogP contribution in [-0.4, -0.2) is 45.7 Å². The molecule has 240 valence electrons. The summed E-state index contributed by atoms with van der Waals surface area (Å²) in [6.45, 7) is 7.83. The van der Waals surface area contributed by atoms with Crippen molar-refractivity contribution >= 4 is 16.9 Å². The Kier molecular flexibility index (Phi) is 10.1. The predicted molar refractivity (Wildman–Crippen MR) is 152 cm³/mol. The molecule has 2 fully saturated rings. The molecular weight excluding hydrogens is 596 g/mol. The number of hydrogen-bond donors (Lipinski definition) is 2. The molecule has 1 aromatic heterocycles. The monoisotopic (exact) mass is 635 g/mol. The van der Waals surface area contributed by atoms with E-state index in [-0.39, 0.29) is 48.2 Å². The van der Waals surface area contributed by atoms with Crippen molar-refractivity contribution < 1.29 is 40.1 Å². The highest BCUT2D eigenvalue weighted by atomic mass is 32.2. The first-order chi connectivity index (χ1) is 19.9. The van der Waals surface area contributed by atoms with Crippen molar-refractivity contribution in [1.82, 2.24) is 14.6 Å². The van der Waals surface area contributed by atoms with Gasteiger partial charge in [-0.1, -0.05) is 12.5 Å². The van der Waals surface area contributed by atoms with E-state index < -0.39 is 51.2 Å². The van der Waals surface area contributed by atoms with Gasteiger partial charge in [-0.3, -0.25) is 4.79 Å². The quantitative estimate of drug-likeness (QED) is 0.317. The highest BCUT2D eigenvalue weighted by Gasteiger charge is 2.42. The normalized spacial score (nSPS) is 21.5. The maximum atomic E-state index is 14.3. The van der Waals surface area contributed by atoms with Gasteiger partial charge in [-0.05, 0) is 89.5 Å². The van der Waals surface area contributed by atoms with Gasteiger partial charge in [0.15, 0.2) is 0 Å². The first-order valence-electron chi connectivity index (χ1n) is 14.5. The van der Waals surface area contributed by atoms with Crippen LogP contribution in [0.4, 0.5) is 26.3 Å². The maximum absolute atomic E-state index is 14.3. The molecule has 2 aromatic rings. The summed E-state index contributed by atoms with van der Waals surface area (Å²) in [5.74, 6) is -2.21. The summed E-state index contributed by atoms with van der Waals surface area (Å²) in [6, 6.07) is 4.86. The van der Waals surface area contributed by atoms with E-state index in [0.717, 1.165) is 12.1 Å². The Labute approximate surface area is 250 Å².